The van der Waals surface area contributed by atoms with Crippen LogP contribution >= 0.6 is 11.6 Å². The van der Waals surface area contributed by atoms with E-state index in [4.69, 9.17) is 21.1 Å². The Bertz CT molecular complexity index is 581. The van der Waals surface area contributed by atoms with Crippen LogP contribution in [0.25, 0.3) is 11.0 Å². The smallest absolute Gasteiger partial charge is 0.127 e. The van der Waals surface area contributed by atoms with Crippen molar-refractivity contribution in [3.8, 4) is 5.75 Å². The molecule has 0 spiro atoms. The predicted octanol–water partition coefficient (Wildman–Crippen LogP) is 4.16. The van der Waals surface area contributed by atoms with E-state index in [9.17, 15) is 0 Å². The standard InChI is InChI=1S/C16H23ClN2O2/c1-12(17)16-18-14-11-13(21-3)7-8-15(14)19(16)9-5-4-6-10-20-2/h7-8,11-12H,4-6,9-10H2,1-3H3. The lowest BCUT2D eigenvalue weighted by Crippen LogP contribution is -2.05. The average molecular weight is 311 g/mol. The summed E-state index contributed by atoms with van der Waals surface area (Å²) in [5.41, 5.74) is 2.05. The van der Waals surface area contributed by atoms with Crippen LogP contribution in [0.3, 0.4) is 0 Å². The highest BCUT2D eigenvalue weighted by Gasteiger charge is 2.15. The summed E-state index contributed by atoms with van der Waals surface area (Å²) >= 11 is 6.28. The third-order valence-corrected chi connectivity index (χ3v) is 3.77. The monoisotopic (exact) mass is 310 g/mol. The minimum atomic E-state index is -0.109. The van der Waals surface area contributed by atoms with Crippen molar-refractivity contribution in [2.75, 3.05) is 20.8 Å². The number of alkyl halides is 1. The number of halogens is 1. The summed E-state index contributed by atoms with van der Waals surface area (Å²) in [7, 11) is 3.41. The number of nitrogens with zero attached hydrogens (tertiary/aromatic N) is 2. The number of aryl methyl sites for hydroxylation is 1. The lowest BCUT2D eigenvalue weighted by Gasteiger charge is -2.10. The number of imidazole rings is 1. The SMILES string of the molecule is COCCCCCn1c(C(C)Cl)nc2cc(OC)ccc21. The van der Waals surface area contributed by atoms with Crippen molar-refractivity contribution in [2.45, 2.75) is 38.1 Å². The zero-order valence-electron chi connectivity index (χ0n) is 12.9. The molecule has 0 amide bonds. The van der Waals surface area contributed by atoms with E-state index in [0.29, 0.717) is 0 Å². The molecule has 0 N–H and O–H groups in total. The Balaban J connectivity index is 2.20. The molecule has 2 aromatic rings. The quantitative estimate of drug-likeness (QED) is 0.542. The van der Waals surface area contributed by atoms with E-state index >= 15 is 0 Å². The molecule has 0 fully saturated rings. The molecule has 1 aromatic carbocycles. The number of aromatic nitrogens is 2. The lowest BCUT2D eigenvalue weighted by atomic mass is 10.2. The van der Waals surface area contributed by atoms with Crippen LogP contribution in [0.4, 0.5) is 0 Å². The number of methoxy groups -OCH3 is 2. The summed E-state index contributed by atoms with van der Waals surface area (Å²) in [6.07, 6.45) is 3.32. The fraction of sp³-hybridized carbons (Fsp3) is 0.562. The van der Waals surface area contributed by atoms with Gasteiger partial charge >= 0.3 is 0 Å². The molecule has 4 nitrogen and oxygen atoms in total. The van der Waals surface area contributed by atoms with E-state index in [2.05, 4.69) is 15.6 Å². The molecule has 1 unspecified atom stereocenters. The number of benzene rings is 1. The molecule has 0 saturated carbocycles. The molecule has 0 aliphatic carbocycles. The van der Waals surface area contributed by atoms with Crippen molar-refractivity contribution in [2.24, 2.45) is 0 Å². The third-order valence-electron chi connectivity index (χ3n) is 3.57. The Labute approximate surface area is 131 Å². The van der Waals surface area contributed by atoms with E-state index in [1.54, 1.807) is 14.2 Å². The zero-order chi connectivity index (χ0) is 15.2. The Kier molecular flexibility index (Phi) is 5.88. The van der Waals surface area contributed by atoms with Crippen LogP contribution in [-0.2, 0) is 11.3 Å². The summed E-state index contributed by atoms with van der Waals surface area (Å²) < 4.78 is 12.6. The molecule has 0 bridgehead atoms. The minimum absolute atomic E-state index is 0.109. The summed E-state index contributed by atoms with van der Waals surface area (Å²) in [5, 5.41) is -0.109. The van der Waals surface area contributed by atoms with Crippen LogP contribution in [0.15, 0.2) is 18.2 Å². The predicted molar refractivity (Wildman–Crippen MR) is 86.3 cm³/mol. The summed E-state index contributed by atoms with van der Waals surface area (Å²) in [6, 6.07) is 5.98. The van der Waals surface area contributed by atoms with Gasteiger partial charge in [-0.2, -0.15) is 0 Å². The van der Waals surface area contributed by atoms with Gasteiger partial charge in [-0.25, -0.2) is 4.98 Å². The highest BCUT2D eigenvalue weighted by atomic mass is 35.5. The molecule has 2 rings (SSSR count). The van der Waals surface area contributed by atoms with Gasteiger partial charge < -0.3 is 14.0 Å². The Morgan fingerprint density at radius 2 is 2.05 bits per heavy atom. The fourth-order valence-electron chi connectivity index (χ4n) is 2.49. The van der Waals surface area contributed by atoms with E-state index in [1.807, 2.05) is 19.1 Å². The average Bonchev–Trinajstić information content (AvgIpc) is 2.85. The van der Waals surface area contributed by atoms with Gasteiger partial charge in [-0.15, -0.1) is 11.6 Å². The van der Waals surface area contributed by atoms with Gasteiger partial charge in [0, 0.05) is 26.3 Å². The first-order chi connectivity index (χ1) is 10.2. The van der Waals surface area contributed by atoms with E-state index in [1.165, 1.54) is 0 Å². The summed E-state index contributed by atoms with van der Waals surface area (Å²) in [4.78, 5) is 4.66. The van der Waals surface area contributed by atoms with Crippen molar-refractivity contribution < 1.29 is 9.47 Å². The molecule has 0 radical (unpaired) electrons. The topological polar surface area (TPSA) is 36.3 Å². The second-order valence-corrected chi connectivity index (χ2v) is 5.80. The van der Waals surface area contributed by atoms with Gasteiger partial charge in [-0.3, -0.25) is 0 Å². The maximum absolute atomic E-state index is 6.28. The van der Waals surface area contributed by atoms with Gasteiger partial charge in [0.2, 0.25) is 0 Å². The van der Waals surface area contributed by atoms with Crippen LogP contribution in [-0.4, -0.2) is 30.4 Å². The summed E-state index contributed by atoms with van der Waals surface area (Å²) in [5.74, 6) is 1.74. The largest absolute Gasteiger partial charge is 0.497 e. The Morgan fingerprint density at radius 3 is 2.71 bits per heavy atom. The van der Waals surface area contributed by atoms with Gasteiger partial charge in [-0.05, 0) is 38.3 Å². The van der Waals surface area contributed by atoms with Crippen LogP contribution in [0.1, 0.15) is 37.4 Å². The fourth-order valence-corrected chi connectivity index (χ4v) is 2.65. The molecule has 1 aromatic heterocycles. The number of rotatable bonds is 8. The van der Waals surface area contributed by atoms with Crippen LogP contribution in [0, 0.1) is 0 Å². The normalized spacial score (nSPS) is 12.8. The van der Waals surface area contributed by atoms with E-state index in [-0.39, 0.29) is 5.38 Å². The molecular weight excluding hydrogens is 288 g/mol. The van der Waals surface area contributed by atoms with Gasteiger partial charge in [-0.1, -0.05) is 0 Å². The van der Waals surface area contributed by atoms with Crippen molar-refractivity contribution in [3.05, 3.63) is 24.0 Å². The van der Waals surface area contributed by atoms with Crippen LogP contribution in [0.2, 0.25) is 0 Å². The number of hydrogen-bond donors (Lipinski definition) is 0. The first-order valence-corrected chi connectivity index (χ1v) is 7.78. The van der Waals surface area contributed by atoms with Gasteiger partial charge in [0.05, 0.1) is 23.5 Å². The maximum atomic E-state index is 6.28. The number of fused-ring (bicyclic) bond motifs is 1. The van der Waals surface area contributed by atoms with Crippen LogP contribution in [0.5, 0.6) is 5.75 Å². The van der Waals surface area contributed by atoms with Crippen molar-refractivity contribution in [3.63, 3.8) is 0 Å². The summed E-state index contributed by atoms with van der Waals surface area (Å²) in [6.45, 7) is 3.71. The zero-order valence-corrected chi connectivity index (χ0v) is 13.7. The van der Waals surface area contributed by atoms with E-state index < -0.39 is 0 Å². The van der Waals surface area contributed by atoms with Gasteiger partial charge in [0.15, 0.2) is 0 Å². The number of unbranched alkanes of at least 4 members (excludes halogenated alkanes) is 2. The maximum Gasteiger partial charge on any atom is 0.127 e. The molecule has 5 heteroatoms. The molecule has 1 atom stereocenters. The number of hydrogen-bond acceptors (Lipinski definition) is 3. The second kappa shape index (κ2) is 7.66. The van der Waals surface area contributed by atoms with Gasteiger partial charge in [0.1, 0.15) is 11.6 Å². The van der Waals surface area contributed by atoms with Crippen molar-refractivity contribution >= 4 is 22.6 Å². The highest BCUT2D eigenvalue weighted by molar-refractivity contribution is 6.20. The van der Waals surface area contributed by atoms with Gasteiger partial charge in [0.25, 0.3) is 0 Å². The molecule has 0 saturated heterocycles. The number of ether oxygens (including phenoxy) is 2. The minimum Gasteiger partial charge on any atom is -0.497 e. The first kappa shape index (κ1) is 16.1. The highest BCUT2D eigenvalue weighted by Crippen LogP contribution is 2.27. The second-order valence-electron chi connectivity index (χ2n) is 5.15. The third kappa shape index (κ3) is 3.89. The lowest BCUT2D eigenvalue weighted by molar-refractivity contribution is 0.191. The molecule has 116 valence electrons. The molecule has 21 heavy (non-hydrogen) atoms. The first-order valence-electron chi connectivity index (χ1n) is 7.34. The molecule has 0 aliphatic heterocycles. The molecular formula is C16H23ClN2O2. The molecule has 0 aliphatic rings. The van der Waals surface area contributed by atoms with Crippen molar-refractivity contribution in [1.29, 1.82) is 0 Å². The Hall–Kier alpha value is -1.26. The molecule has 1 heterocycles. The van der Waals surface area contributed by atoms with Crippen LogP contribution < -0.4 is 4.74 Å². The van der Waals surface area contributed by atoms with E-state index in [0.717, 1.165) is 55.0 Å². The Morgan fingerprint density at radius 1 is 1.24 bits per heavy atom. The van der Waals surface area contributed by atoms with Crippen molar-refractivity contribution in [1.82, 2.24) is 9.55 Å².